The van der Waals surface area contributed by atoms with E-state index in [9.17, 15) is 0 Å². The van der Waals surface area contributed by atoms with Crippen molar-refractivity contribution in [3.05, 3.63) is 12.2 Å². The van der Waals surface area contributed by atoms with Crippen LogP contribution in [-0.4, -0.2) is 19.6 Å². The molecule has 0 aromatic rings. The first-order valence-corrected chi connectivity index (χ1v) is 4.99. The number of rotatable bonds is 4. The Morgan fingerprint density at radius 2 is 2.33 bits per heavy atom. The molecule has 1 fully saturated rings. The topological polar surface area (TPSA) is 38.0 Å². The van der Waals surface area contributed by atoms with Crippen molar-refractivity contribution in [3.8, 4) is 0 Å². The van der Waals surface area contributed by atoms with Crippen molar-refractivity contribution in [1.29, 1.82) is 0 Å². The van der Waals surface area contributed by atoms with Gasteiger partial charge in [-0.05, 0) is 51.2 Å². The van der Waals surface area contributed by atoms with Gasteiger partial charge >= 0.3 is 0 Å². The van der Waals surface area contributed by atoms with Gasteiger partial charge in [-0.1, -0.05) is 12.2 Å². The minimum atomic E-state index is 0.777. The zero-order chi connectivity index (χ0) is 8.65. The van der Waals surface area contributed by atoms with Gasteiger partial charge in [0.2, 0.25) is 0 Å². The SMILES string of the molecule is NCC/C=C\CC1CCCNC1. The van der Waals surface area contributed by atoms with E-state index in [4.69, 9.17) is 5.73 Å². The molecular formula is C10H20N2. The highest BCUT2D eigenvalue weighted by Crippen LogP contribution is 2.14. The quantitative estimate of drug-likeness (QED) is 0.621. The Morgan fingerprint density at radius 1 is 1.42 bits per heavy atom. The number of nitrogens with one attached hydrogen (secondary N) is 1. The van der Waals surface area contributed by atoms with Crippen molar-refractivity contribution < 1.29 is 0 Å². The van der Waals surface area contributed by atoms with Gasteiger partial charge in [-0.2, -0.15) is 0 Å². The van der Waals surface area contributed by atoms with E-state index in [-0.39, 0.29) is 0 Å². The summed E-state index contributed by atoms with van der Waals surface area (Å²) in [6.45, 7) is 3.19. The fraction of sp³-hybridized carbons (Fsp3) is 0.800. The zero-order valence-electron chi connectivity index (χ0n) is 7.76. The first-order valence-electron chi connectivity index (χ1n) is 4.99. The Balaban J connectivity index is 2.04. The van der Waals surface area contributed by atoms with E-state index in [2.05, 4.69) is 17.5 Å². The van der Waals surface area contributed by atoms with Gasteiger partial charge in [0, 0.05) is 0 Å². The van der Waals surface area contributed by atoms with E-state index < -0.39 is 0 Å². The highest BCUT2D eigenvalue weighted by atomic mass is 14.9. The summed E-state index contributed by atoms with van der Waals surface area (Å²) in [4.78, 5) is 0. The maximum absolute atomic E-state index is 5.38. The molecule has 0 saturated carbocycles. The Hall–Kier alpha value is -0.340. The largest absolute Gasteiger partial charge is 0.330 e. The number of nitrogens with two attached hydrogens (primary N) is 1. The Bertz CT molecular complexity index is 126. The molecule has 1 aliphatic rings. The zero-order valence-corrected chi connectivity index (χ0v) is 7.76. The van der Waals surface area contributed by atoms with Crippen LogP contribution in [0.1, 0.15) is 25.7 Å². The van der Waals surface area contributed by atoms with E-state index in [0.29, 0.717) is 0 Å². The molecule has 2 heteroatoms. The van der Waals surface area contributed by atoms with E-state index in [1.54, 1.807) is 0 Å². The minimum Gasteiger partial charge on any atom is -0.330 e. The molecule has 0 aromatic carbocycles. The van der Waals surface area contributed by atoms with Gasteiger partial charge in [0.1, 0.15) is 0 Å². The van der Waals surface area contributed by atoms with Gasteiger partial charge in [0.15, 0.2) is 0 Å². The third-order valence-corrected chi connectivity index (χ3v) is 2.37. The lowest BCUT2D eigenvalue weighted by molar-refractivity contribution is 0.381. The van der Waals surface area contributed by atoms with Crippen molar-refractivity contribution in [3.63, 3.8) is 0 Å². The van der Waals surface area contributed by atoms with Crippen LogP contribution < -0.4 is 11.1 Å². The van der Waals surface area contributed by atoms with Crippen LogP contribution in [0.3, 0.4) is 0 Å². The van der Waals surface area contributed by atoms with E-state index in [1.807, 2.05) is 0 Å². The summed E-state index contributed by atoms with van der Waals surface area (Å²) in [6.07, 6.45) is 9.47. The number of allylic oxidation sites excluding steroid dienone is 1. The van der Waals surface area contributed by atoms with Gasteiger partial charge < -0.3 is 11.1 Å². The Morgan fingerprint density at radius 3 is 3.00 bits per heavy atom. The van der Waals surface area contributed by atoms with Gasteiger partial charge in [0.05, 0.1) is 0 Å². The molecule has 0 aromatic heterocycles. The van der Waals surface area contributed by atoms with Crippen LogP contribution in [0, 0.1) is 5.92 Å². The number of piperidine rings is 1. The Kier molecular flexibility index (Phi) is 5.04. The van der Waals surface area contributed by atoms with Crippen molar-refractivity contribution in [2.45, 2.75) is 25.7 Å². The molecular weight excluding hydrogens is 148 g/mol. The van der Waals surface area contributed by atoms with Gasteiger partial charge in [-0.25, -0.2) is 0 Å². The molecule has 0 aliphatic carbocycles. The first kappa shape index (κ1) is 9.75. The van der Waals surface area contributed by atoms with E-state index in [1.165, 1.54) is 32.4 Å². The maximum Gasteiger partial charge on any atom is -0.00175 e. The lowest BCUT2D eigenvalue weighted by atomic mass is 9.96. The molecule has 2 nitrogen and oxygen atoms in total. The maximum atomic E-state index is 5.38. The second-order valence-electron chi connectivity index (χ2n) is 3.50. The second kappa shape index (κ2) is 6.21. The third-order valence-electron chi connectivity index (χ3n) is 2.37. The molecule has 70 valence electrons. The molecule has 1 unspecified atom stereocenters. The lowest BCUT2D eigenvalue weighted by Gasteiger charge is -2.21. The summed E-state index contributed by atoms with van der Waals surface area (Å²) >= 11 is 0. The smallest absolute Gasteiger partial charge is 0.00175 e. The molecule has 0 bridgehead atoms. The van der Waals surface area contributed by atoms with Crippen LogP contribution in [0.15, 0.2) is 12.2 Å². The number of hydrogen-bond donors (Lipinski definition) is 2. The summed E-state index contributed by atoms with van der Waals surface area (Å²) in [7, 11) is 0. The normalized spacial score (nSPS) is 24.9. The molecule has 0 radical (unpaired) electrons. The Labute approximate surface area is 75.2 Å². The minimum absolute atomic E-state index is 0.777. The van der Waals surface area contributed by atoms with Crippen molar-refractivity contribution in [1.82, 2.24) is 5.32 Å². The number of hydrogen-bond acceptors (Lipinski definition) is 2. The van der Waals surface area contributed by atoms with Crippen LogP contribution in [0.4, 0.5) is 0 Å². The third kappa shape index (κ3) is 3.88. The van der Waals surface area contributed by atoms with E-state index >= 15 is 0 Å². The highest BCUT2D eigenvalue weighted by Gasteiger charge is 2.10. The van der Waals surface area contributed by atoms with Crippen LogP contribution in [-0.2, 0) is 0 Å². The standard InChI is InChI=1S/C10H20N2/c11-7-3-1-2-5-10-6-4-8-12-9-10/h1-2,10,12H,3-9,11H2/b2-1-. The molecule has 3 N–H and O–H groups in total. The van der Waals surface area contributed by atoms with Gasteiger partial charge in [-0.3, -0.25) is 0 Å². The summed E-state index contributed by atoms with van der Waals surface area (Å²) in [5.41, 5.74) is 5.38. The molecule has 1 atom stereocenters. The van der Waals surface area contributed by atoms with Crippen LogP contribution in [0.25, 0.3) is 0 Å². The molecule has 1 heterocycles. The lowest BCUT2D eigenvalue weighted by Crippen LogP contribution is -2.29. The molecule has 0 spiro atoms. The molecule has 1 saturated heterocycles. The van der Waals surface area contributed by atoms with Crippen molar-refractivity contribution >= 4 is 0 Å². The fourth-order valence-electron chi connectivity index (χ4n) is 1.63. The predicted molar refractivity (Wildman–Crippen MR) is 53.0 cm³/mol. The average Bonchev–Trinajstić information content (AvgIpc) is 2.14. The second-order valence-corrected chi connectivity index (χ2v) is 3.50. The fourth-order valence-corrected chi connectivity index (χ4v) is 1.63. The summed E-state index contributed by atoms with van der Waals surface area (Å²) in [5.74, 6) is 0.868. The molecule has 12 heavy (non-hydrogen) atoms. The van der Waals surface area contributed by atoms with Crippen LogP contribution >= 0.6 is 0 Å². The average molecular weight is 168 g/mol. The van der Waals surface area contributed by atoms with Crippen molar-refractivity contribution in [2.75, 3.05) is 19.6 Å². The van der Waals surface area contributed by atoms with Crippen molar-refractivity contribution in [2.24, 2.45) is 11.7 Å². The summed E-state index contributed by atoms with van der Waals surface area (Å²) in [6, 6.07) is 0. The molecule has 1 rings (SSSR count). The van der Waals surface area contributed by atoms with Crippen LogP contribution in [0.2, 0.25) is 0 Å². The summed E-state index contributed by atoms with van der Waals surface area (Å²) < 4.78 is 0. The monoisotopic (exact) mass is 168 g/mol. The van der Waals surface area contributed by atoms with Crippen LogP contribution in [0.5, 0.6) is 0 Å². The predicted octanol–water partition coefficient (Wildman–Crippen LogP) is 1.28. The summed E-state index contributed by atoms with van der Waals surface area (Å²) in [5, 5.41) is 3.42. The van der Waals surface area contributed by atoms with Gasteiger partial charge in [-0.15, -0.1) is 0 Å². The molecule has 0 amide bonds. The molecule has 1 aliphatic heterocycles. The van der Waals surface area contributed by atoms with E-state index in [0.717, 1.165) is 18.9 Å². The highest BCUT2D eigenvalue weighted by molar-refractivity contribution is 4.85. The van der Waals surface area contributed by atoms with Gasteiger partial charge in [0.25, 0.3) is 0 Å². The first-order chi connectivity index (χ1) is 5.93.